The minimum atomic E-state index is -3.09. The van der Waals surface area contributed by atoms with Crippen LogP contribution in [0.2, 0.25) is 0 Å². The second-order valence-electron chi connectivity index (χ2n) is 7.91. The number of hydrogen-bond acceptors (Lipinski definition) is 10. The van der Waals surface area contributed by atoms with Gasteiger partial charge in [0.25, 0.3) is 5.56 Å². The SMILES string of the molecule is CC[C@@]1(O)C(=O)OC(OO)(OO)c2c1c1c(=O)c3cccc4cc5c(nc43)c1n(c2=O)C5.Cl. The molecule has 2 aliphatic heterocycles. The van der Waals surface area contributed by atoms with Crippen LogP contribution in [0.4, 0.5) is 0 Å². The third kappa shape index (κ3) is 2.30. The first-order valence-electron chi connectivity index (χ1n) is 9.71. The van der Waals surface area contributed by atoms with Gasteiger partial charge in [-0.25, -0.2) is 20.3 Å². The maximum Gasteiger partial charge on any atom is 0.416 e. The van der Waals surface area contributed by atoms with Gasteiger partial charge >= 0.3 is 11.9 Å². The minimum absolute atomic E-state index is 0. The van der Waals surface area contributed by atoms with E-state index in [1.165, 1.54) is 11.5 Å². The highest BCUT2D eigenvalue weighted by Gasteiger charge is 2.60. The lowest BCUT2D eigenvalue weighted by atomic mass is 9.82. The maximum atomic E-state index is 13.8. The van der Waals surface area contributed by atoms with E-state index < -0.39 is 39.7 Å². The summed E-state index contributed by atoms with van der Waals surface area (Å²) in [5, 5.41) is 31.0. The number of ether oxygens (including phenoxy) is 1. The predicted molar refractivity (Wildman–Crippen MR) is 114 cm³/mol. The molecule has 0 saturated heterocycles. The second kappa shape index (κ2) is 6.67. The first-order chi connectivity index (χ1) is 15.3. The van der Waals surface area contributed by atoms with Crippen LogP contribution in [0.15, 0.2) is 33.9 Å². The summed E-state index contributed by atoms with van der Waals surface area (Å²) in [6, 6.07) is 6.81. The van der Waals surface area contributed by atoms with E-state index in [1.54, 1.807) is 24.3 Å². The Labute approximate surface area is 189 Å². The molecule has 0 spiro atoms. The molecule has 0 amide bonds. The van der Waals surface area contributed by atoms with Gasteiger partial charge in [-0.3, -0.25) is 9.59 Å². The number of aliphatic hydroxyl groups is 1. The highest BCUT2D eigenvalue weighted by Crippen LogP contribution is 2.46. The zero-order valence-electron chi connectivity index (χ0n) is 16.8. The van der Waals surface area contributed by atoms with E-state index in [-0.39, 0.29) is 41.7 Å². The molecule has 4 aromatic rings. The normalized spacial score (nSPS) is 20.4. The van der Waals surface area contributed by atoms with E-state index in [0.29, 0.717) is 22.0 Å². The number of para-hydroxylation sites is 1. The number of hydrogen-bond donors (Lipinski definition) is 3. The van der Waals surface area contributed by atoms with Crippen LogP contribution >= 0.6 is 12.4 Å². The van der Waals surface area contributed by atoms with Crippen molar-refractivity contribution in [3.8, 4) is 0 Å². The fraction of sp³-hybridized carbons (Fsp3) is 0.238. The average Bonchev–Trinajstić information content (AvgIpc) is 3.12. The number of fused-ring (bicyclic) bond motifs is 2. The van der Waals surface area contributed by atoms with Gasteiger partial charge in [-0.2, -0.15) is 9.78 Å². The Bertz CT molecular complexity index is 1630. The van der Waals surface area contributed by atoms with Crippen molar-refractivity contribution >= 4 is 51.1 Å². The number of nitrogens with zero attached hydrogens (tertiary/aromatic N) is 2. The summed E-state index contributed by atoms with van der Waals surface area (Å²) in [7, 11) is 0. The van der Waals surface area contributed by atoms with E-state index in [4.69, 9.17) is 4.74 Å². The first-order valence-corrected chi connectivity index (χ1v) is 9.71. The Balaban J connectivity index is 0.00000228. The fourth-order valence-corrected chi connectivity index (χ4v) is 4.92. The number of aromatic nitrogens is 2. The van der Waals surface area contributed by atoms with Crippen LogP contribution in [-0.2, 0) is 37.4 Å². The molecule has 3 aromatic heterocycles. The molecule has 170 valence electrons. The quantitative estimate of drug-likeness (QED) is 0.151. The van der Waals surface area contributed by atoms with E-state index in [2.05, 4.69) is 14.8 Å². The van der Waals surface area contributed by atoms with Gasteiger partial charge in [0.1, 0.15) is 5.56 Å². The molecule has 0 aliphatic carbocycles. The third-order valence-electron chi connectivity index (χ3n) is 6.45. The lowest BCUT2D eigenvalue weighted by Gasteiger charge is -2.39. The number of rotatable bonds is 3. The lowest BCUT2D eigenvalue weighted by Crippen LogP contribution is -2.55. The molecule has 2 aliphatic rings. The van der Waals surface area contributed by atoms with Crippen LogP contribution in [0, 0.1) is 0 Å². The van der Waals surface area contributed by atoms with Crippen molar-refractivity contribution in [2.24, 2.45) is 0 Å². The fourth-order valence-electron chi connectivity index (χ4n) is 4.92. The molecular formula is C21H15ClN2O9. The summed E-state index contributed by atoms with van der Waals surface area (Å²) < 4.78 is 6.05. The molecule has 3 N–H and O–H groups in total. The van der Waals surface area contributed by atoms with E-state index in [9.17, 15) is 30.0 Å². The van der Waals surface area contributed by atoms with Crippen molar-refractivity contribution in [1.29, 1.82) is 0 Å². The predicted octanol–water partition coefficient (Wildman–Crippen LogP) is 1.53. The van der Waals surface area contributed by atoms with Crippen LogP contribution in [-0.4, -0.2) is 31.1 Å². The van der Waals surface area contributed by atoms with Crippen molar-refractivity contribution < 1.29 is 34.9 Å². The van der Waals surface area contributed by atoms with Crippen LogP contribution in [0.5, 0.6) is 0 Å². The maximum absolute atomic E-state index is 13.8. The molecular weight excluding hydrogens is 460 g/mol. The van der Waals surface area contributed by atoms with E-state index in [1.807, 2.05) is 0 Å². The molecule has 0 unspecified atom stereocenters. The number of benzene rings is 1. The lowest BCUT2D eigenvalue weighted by molar-refractivity contribution is -0.565. The van der Waals surface area contributed by atoms with Crippen LogP contribution in [0.1, 0.15) is 30.0 Å². The topological polar surface area (TPSA) is 157 Å². The standard InChI is InChI=1S/C21H14N2O9.ClH/c1-2-20(27)12-11-16-15-9(6-8-4-3-5-10(17(11)24)14(8)22-15)7-23(16)18(25)13(12)21(31-28,32-29)30-19(20)26;/h3-6,27-29H,2,7H2,1H3;1H/t20-;/m0./s1. The molecule has 33 heavy (non-hydrogen) atoms. The summed E-state index contributed by atoms with van der Waals surface area (Å²) in [6.07, 6.45) is -0.295. The number of carbonyl (C=O) groups excluding carboxylic acids is 1. The Hall–Kier alpha value is -3.19. The zero-order valence-corrected chi connectivity index (χ0v) is 17.6. The molecule has 0 fully saturated rings. The second-order valence-corrected chi connectivity index (χ2v) is 7.91. The number of pyridine rings is 2. The number of carbonyl (C=O) groups is 1. The first kappa shape index (κ1) is 21.6. The smallest absolute Gasteiger partial charge is 0.398 e. The Kier molecular flexibility index (Phi) is 4.37. The minimum Gasteiger partial charge on any atom is -0.398 e. The molecule has 12 heteroatoms. The van der Waals surface area contributed by atoms with Crippen LogP contribution in [0.3, 0.4) is 0 Å². The van der Waals surface area contributed by atoms with Gasteiger partial charge in [0.05, 0.1) is 28.5 Å². The molecule has 0 saturated carbocycles. The third-order valence-corrected chi connectivity index (χ3v) is 6.45. The number of esters is 1. The summed E-state index contributed by atoms with van der Waals surface area (Å²) >= 11 is 0. The zero-order chi connectivity index (χ0) is 22.6. The van der Waals surface area contributed by atoms with E-state index in [0.717, 1.165) is 0 Å². The van der Waals surface area contributed by atoms with Gasteiger partial charge in [-0.1, -0.05) is 19.1 Å². The monoisotopic (exact) mass is 474 g/mol. The highest BCUT2D eigenvalue weighted by atomic mass is 35.5. The van der Waals surface area contributed by atoms with Crippen molar-refractivity contribution in [3.05, 3.63) is 61.5 Å². The van der Waals surface area contributed by atoms with Crippen molar-refractivity contribution in [2.75, 3.05) is 0 Å². The van der Waals surface area contributed by atoms with Gasteiger partial charge in [0, 0.05) is 21.9 Å². The van der Waals surface area contributed by atoms with Gasteiger partial charge in [-0.05, 0) is 18.6 Å². The van der Waals surface area contributed by atoms with Crippen molar-refractivity contribution in [2.45, 2.75) is 31.5 Å². The number of cyclic esters (lactones) is 1. The summed E-state index contributed by atoms with van der Waals surface area (Å²) in [6.45, 7) is 1.45. The van der Waals surface area contributed by atoms with Gasteiger partial charge < -0.3 is 14.4 Å². The van der Waals surface area contributed by atoms with Gasteiger partial charge in [-0.15, -0.1) is 12.4 Å². The molecule has 11 nitrogen and oxygen atoms in total. The summed E-state index contributed by atoms with van der Waals surface area (Å²) in [5.41, 5.74) is -3.64. The van der Waals surface area contributed by atoms with Crippen LogP contribution in [0.25, 0.3) is 32.7 Å². The average molecular weight is 475 g/mol. The largest absolute Gasteiger partial charge is 0.416 e. The van der Waals surface area contributed by atoms with Crippen molar-refractivity contribution in [3.63, 3.8) is 0 Å². The molecule has 5 heterocycles. The molecule has 1 aromatic carbocycles. The molecule has 6 rings (SSSR count). The molecule has 1 atom stereocenters. The summed E-state index contributed by atoms with van der Waals surface area (Å²) in [5.74, 6) is -4.47. The summed E-state index contributed by atoms with van der Waals surface area (Å²) in [4.78, 5) is 53.1. The Morgan fingerprint density at radius 3 is 2.55 bits per heavy atom. The number of halogens is 1. The molecule has 0 radical (unpaired) electrons. The molecule has 2 bridgehead atoms. The van der Waals surface area contributed by atoms with Gasteiger partial charge in [0.15, 0.2) is 11.0 Å². The van der Waals surface area contributed by atoms with E-state index >= 15 is 0 Å². The van der Waals surface area contributed by atoms with Crippen LogP contribution < -0.4 is 11.0 Å². The highest BCUT2D eigenvalue weighted by molar-refractivity contribution is 6.09. The van der Waals surface area contributed by atoms with Gasteiger partial charge in [0.2, 0.25) is 0 Å². The Morgan fingerprint density at radius 1 is 1.15 bits per heavy atom. The Morgan fingerprint density at radius 2 is 1.88 bits per heavy atom. The van der Waals surface area contributed by atoms with Crippen molar-refractivity contribution in [1.82, 2.24) is 9.55 Å².